The van der Waals surface area contributed by atoms with Gasteiger partial charge in [0, 0.05) is 49.2 Å². The van der Waals surface area contributed by atoms with E-state index < -0.39 is 26.1 Å². The maximum atomic E-state index is 13.8. The molecule has 0 aromatic heterocycles. The number of halogens is 2. The van der Waals surface area contributed by atoms with E-state index in [-0.39, 0.29) is 34.6 Å². The summed E-state index contributed by atoms with van der Waals surface area (Å²) in [5, 5.41) is 17.3. The number of benzene rings is 3. The average molecular weight is 651 g/mol. The molecule has 2 fully saturated rings. The fourth-order valence-electron chi connectivity index (χ4n) is 5.85. The number of piperazine rings is 1. The zero-order valence-corrected chi connectivity index (χ0v) is 28.1. The molecular weight excluding hydrogens is 606 g/mol. The van der Waals surface area contributed by atoms with Gasteiger partial charge in [-0.05, 0) is 79.0 Å². The van der Waals surface area contributed by atoms with Crippen molar-refractivity contribution in [2.75, 3.05) is 36.4 Å². The van der Waals surface area contributed by atoms with Gasteiger partial charge in [-0.2, -0.15) is 0 Å². The first-order chi connectivity index (χ1) is 21.7. The number of carbonyl (C=O) groups is 2. The first-order valence-corrected chi connectivity index (χ1v) is 18.8. The second-order valence-electron chi connectivity index (χ2n) is 13.7. The molecular formula is C35H44F2N4O4Si. The Hall–Kier alpha value is -3.80. The molecule has 11 heteroatoms. The lowest BCUT2D eigenvalue weighted by Crippen LogP contribution is -2.55. The predicted octanol–water partition coefficient (Wildman–Crippen LogP) is 7.35. The van der Waals surface area contributed by atoms with E-state index in [9.17, 15) is 23.5 Å². The van der Waals surface area contributed by atoms with Crippen LogP contribution in [0.25, 0.3) is 0 Å². The molecule has 2 saturated heterocycles. The number of aromatic hydroxyl groups is 1. The van der Waals surface area contributed by atoms with Crippen LogP contribution in [0.3, 0.4) is 0 Å². The highest BCUT2D eigenvalue weighted by molar-refractivity contribution is 6.74. The van der Waals surface area contributed by atoms with Crippen molar-refractivity contribution in [2.45, 2.75) is 63.9 Å². The molecule has 0 spiro atoms. The molecule has 46 heavy (non-hydrogen) atoms. The molecule has 2 aliphatic rings. The van der Waals surface area contributed by atoms with Gasteiger partial charge in [-0.1, -0.05) is 39.0 Å². The molecule has 0 unspecified atom stereocenters. The van der Waals surface area contributed by atoms with E-state index >= 15 is 0 Å². The third-order valence-corrected chi connectivity index (χ3v) is 14.0. The number of hydrogen-bond donors (Lipinski definition) is 3. The van der Waals surface area contributed by atoms with E-state index in [0.29, 0.717) is 42.9 Å². The topological polar surface area (TPSA) is 94.1 Å². The van der Waals surface area contributed by atoms with Crippen LogP contribution in [-0.4, -0.2) is 56.4 Å². The van der Waals surface area contributed by atoms with Gasteiger partial charge in [-0.15, -0.1) is 0 Å². The highest BCUT2D eigenvalue weighted by atomic mass is 28.4. The summed E-state index contributed by atoms with van der Waals surface area (Å²) in [6.07, 6.45) is 0.590. The number of carbonyl (C=O) groups excluding carboxylic acids is 2. The molecule has 0 aliphatic carbocycles. The Morgan fingerprint density at radius 3 is 2.22 bits per heavy atom. The molecule has 3 atom stereocenters. The second-order valence-corrected chi connectivity index (χ2v) is 18.4. The summed E-state index contributed by atoms with van der Waals surface area (Å²) in [6, 6.07) is 16.2. The molecule has 3 N–H and O–H groups in total. The van der Waals surface area contributed by atoms with Gasteiger partial charge in [-0.25, -0.2) is 13.6 Å². The maximum absolute atomic E-state index is 13.8. The number of nitrogens with zero attached hydrogens (tertiary/aromatic N) is 2. The van der Waals surface area contributed by atoms with E-state index in [1.54, 1.807) is 46.2 Å². The van der Waals surface area contributed by atoms with Crippen LogP contribution in [-0.2, 0) is 9.22 Å². The third-order valence-electron chi connectivity index (χ3n) is 9.55. The van der Waals surface area contributed by atoms with Crippen molar-refractivity contribution in [3.8, 4) is 5.75 Å². The second kappa shape index (κ2) is 13.5. The molecule has 5 rings (SSSR count). The third kappa shape index (κ3) is 7.27. The number of β-lactam (4-membered cyclic amide) rings is 1. The van der Waals surface area contributed by atoms with Crippen LogP contribution in [0, 0.1) is 17.6 Å². The van der Waals surface area contributed by atoms with Crippen molar-refractivity contribution in [3.05, 3.63) is 89.5 Å². The molecule has 246 valence electrons. The van der Waals surface area contributed by atoms with Crippen molar-refractivity contribution in [2.24, 2.45) is 5.92 Å². The van der Waals surface area contributed by atoms with Crippen LogP contribution in [0.2, 0.25) is 18.1 Å². The SMILES string of the molecule is CC(C)(C)[Si](C)(C)O[C@@H](CC[C@H]1C(=O)N(c2ccc(F)cc2)[C@@H]1c1ccc(NC(=O)N2CCNCC2)cc1O)c1ccc(F)cc1. The minimum Gasteiger partial charge on any atom is -0.508 e. The van der Waals surface area contributed by atoms with Gasteiger partial charge < -0.3 is 30.0 Å². The van der Waals surface area contributed by atoms with Gasteiger partial charge >= 0.3 is 6.03 Å². The lowest BCUT2D eigenvalue weighted by Gasteiger charge is -2.48. The minimum absolute atomic E-state index is 0.0552. The van der Waals surface area contributed by atoms with Gasteiger partial charge in [0.25, 0.3) is 0 Å². The monoisotopic (exact) mass is 650 g/mol. The summed E-state index contributed by atoms with van der Waals surface area (Å²) in [5.41, 5.74) is 2.34. The van der Waals surface area contributed by atoms with Crippen LogP contribution < -0.4 is 15.5 Å². The number of hydrogen-bond acceptors (Lipinski definition) is 5. The Labute approximate surface area is 270 Å². The van der Waals surface area contributed by atoms with E-state index in [2.05, 4.69) is 44.5 Å². The molecule has 2 aliphatic heterocycles. The Balaban J connectivity index is 1.41. The highest BCUT2D eigenvalue weighted by Gasteiger charge is 2.50. The zero-order chi connectivity index (χ0) is 33.2. The minimum atomic E-state index is -2.25. The Bertz CT molecular complexity index is 1540. The van der Waals surface area contributed by atoms with E-state index in [1.807, 2.05) is 0 Å². The van der Waals surface area contributed by atoms with E-state index in [0.717, 1.165) is 18.7 Å². The van der Waals surface area contributed by atoms with Crippen LogP contribution >= 0.6 is 0 Å². The average Bonchev–Trinajstić information content (AvgIpc) is 3.01. The molecule has 0 saturated carbocycles. The van der Waals surface area contributed by atoms with Gasteiger partial charge in [0.1, 0.15) is 17.4 Å². The lowest BCUT2D eigenvalue weighted by atomic mass is 9.78. The summed E-state index contributed by atoms with van der Waals surface area (Å²) in [6.45, 7) is 13.4. The van der Waals surface area contributed by atoms with E-state index in [4.69, 9.17) is 4.43 Å². The smallest absolute Gasteiger partial charge is 0.321 e. The highest BCUT2D eigenvalue weighted by Crippen LogP contribution is 2.50. The van der Waals surface area contributed by atoms with Gasteiger partial charge in [0.05, 0.1) is 18.1 Å². The summed E-state index contributed by atoms with van der Waals surface area (Å²) >= 11 is 0. The Morgan fingerprint density at radius 1 is 1.02 bits per heavy atom. The number of rotatable bonds is 9. The van der Waals surface area contributed by atoms with Crippen molar-refractivity contribution >= 4 is 31.6 Å². The molecule has 3 aromatic carbocycles. The van der Waals surface area contributed by atoms with Crippen molar-refractivity contribution in [1.29, 1.82) is 0 Å². The van der Waals surface area contributed by atoms with Crippen LogP contribution in [0.1, 0.15) is 56.9 Å². The fourth-order valence-corrected chi connectivity index (χ4v) is 7.17. The Morgan fingerprint density at radius 2 is 1.63 bits per heavy atom. The quantitative estimate of drug-likeness (QED) is 0.166. The number of phenolic OH excluding ortho intramolecular Hbond substituents is 1. The molecule has 3 amide bonds. The summed E-state index contributed by atoms with van der Waals surface area (Å²) in [4.78, 5) is 29.8. The molecule has 3 aromatic rings. The number of amides is 3. The van der Waals surface area contributed by atoms with Crippen LogP contribution in [0.5, 0.6) is 5.75 Å². The van der Waals surface area contributed by atoms with Crippen molar-refractivity contribution < 1.29 is 27.9 Å². The number of phenols is 1. The first kappa shape index (κ1) is 33.6. The summed E-state index contributed by atoms with van der Waals surface area (Å²) in [5.74, 6) is -1.44. The number of anilines is 2. The largest absolute Gasteiger partial charge is 0.508 e. The summed E-state index contributed by atoms with van der Waals surface area (Å²) < 4.78 is 34.5. The van der Waals surface area contributed by atoms with Crippen molar-refractivity contribution in [3.63, 3.8) is 0 Å². The predicted molar refractivity (Wildman–Crippen MR) is 178 cm³/mol. The number of nitrogens with one attached hydrogen (secondary N) is 2. The zero-order valence-electron chi connectivity index (χ0n) is 27.1. The number of urea groups is 1. The van der Waals surface area contributed by atoms with Gasteiger partial charge in [0.15, 0.2) is 8.32 Å². The molecule has 8 nitrogen and oxygen atoms in total. The van der Waals surface area contributed by atoms with Crippen molar-refractivity contribution in [1.82, 2.24) is 10.2 Å². The lowest BCUT2D eigenvalue weighted by molar-refractivity contribution is -0.131. The normalized spacial score (nSPS) is 19.5. The van der Waals surface area contributed by atoms with Gasteiger partial charge in [-0.3, -0.25) is 4.79 Å². The first-order valence-electron chi connectivity index (χ1n) is 15.9. The van der Waals surface area contributed by atoms with Gasteiger partial charge in [0.2, 0.25) is 5.91 Å². The fraction of sp³-hybridized carbons (Fsp3) is 0.429. The molecule has 0 bridgehead atoms. The Kier molecular flexibility index (Phi) is 9.85. The van der Waals surface area contributed by atoms with Crippen LogP contribution in [0.4, 0.5) is 25.0 Å². The molecule has 2 heterocycles. The van der Waals surface area contributed by atoms with Crippen LogP contribution in [0.15, 0.2) is 66.7 Å². The maximum Gasteiger partial charge on any atom is 0.321 e. The summed E-state index contributed by atoms with van der Waals surface area (Å²) in [7, 11) is -2.25. The van der Waals surface area contributed by atoms with E-state index in [1.165, 1.54) is 30.3 Å². The standard InChI is InChI=1S/C35H44F2N4O4Si/c1-35(2,3)46(4,5)45-31(23-6-8-24(36)9-7-23)17-16-29-32(41(33(29)43)27-13-10-25(37)11-14-27)28-15-12-26(22-30(28)42)39-34(44)40-20-18-38-19-21-40/h6-15,22,29,31-32,38,42H,16-21H2,1-5H3,(H,39,44)/t29-,31+,32-/m1/s1. The molecule has 0 radical (unpaired) electrons.